The Morgan fingerprint density at radius 2 is 1.89 bits per heavy atom. The zero-order valence-corrected chi connectivity index (χ0v) is 9.14. The van der Waals surface area contributed by atoms with Crippen molar-refractivity contribution in [2.24, 2.45) is 0 Å². The normalized spacial score (nSPS) is 15.5. The van der Waals surface area contributed by atoms with Gasteiger partial charge in [0.1, 0.15) is 5.69 Å². The van der Waals surface area contributed by atoms with Crippen molar-refractivity contribution in [2.75, 3.05) is 0 Å². The second-order valence-electron chi connectivity index (χ2n) is 3.73. The highest BCUT2D eigenvalue weighted by Crippen LogP contribution is 2.42. The molecule has 2 heterocycles. The van der Waals surface area contributed by atoms with Gasteiger partial charge in [-0.1, -0.05) is 0 Å². The van der Waals surface area contributed by atoms with E-state index in [4.69, 9.17) is 0 Å². The first-order chi connectivity index (χ1) is 8.94. The Bertz CT molecular complexity index is 694. The maximum absolute atomic E-state index is 13.8. The van der Waals surface area contributed by atoms with E-state index in [9.17, 15) is 18.0 Å². The molecule has 0 amide bonds. The van der Waals surface area contributed by atoms with E-state index >= 15 is 0 Å². The Morgan fingerprint density at radius 3 is 2.53 bits per heavy atom. The lowest BCUT2D eigenvalue weighted by molar-refractivity contribution is -0.286. The standard InChI is InChI=1S/C11H5F3N2O3/c12-7-3-9-10(19-11(13,14)18-9)4-8(7)16-2-1-6(17)5-15-16/h1-5H. The first kappa shape index (κ1) is 11.6. The van der Waals surface area contributed by atoms with E-state index in [0.29, 0.717) is 0 Å². The summed E-state index contributed by atoms with van der Waals surface area (Å²) in [6, 6.07) is 2.94. The molecule has 0 spiro atoms. The van der Waals surface area contributed by atoms with Crippen LogP contribution in [0.5, 0.6) is 11.5 Å². The molecular formula is C11H5F3N2O3. The summed E-state index contributed by atoms with van der Waals surface area (Å²) in [7, 11) is 0. The highest BCUT2D eigenvalue weighted by atomic mass is 19.3. The molecule has 2 aromatic rings. The smallest absolute Gasteiger partial charge is 0.395 e. The van der Waals surface area contributed by atoms with Gasteiger partial charge in [-0.25, -0.2) is 9.07 Å². The molecule has 0 saturated heterocycles. The van der Waals surface area contributed by atoms with Crippen LogP contribution >= 0.6 is 0 Å². The van der Waals surface area contributed by atoms with Crippen molar-refractivity contribution >= 4 is 0 Å². The minimum Gasteiger partial charge on any atom is -0.395 e. The fourth-order valence-corrected chi connectivity index (χ4v) is 1.62. The van der Waals surface area contributed by atoms with E-state index in [1.807, 2.05) is 0 Å². The van der Waals surface area contributed by atoms with Crippen molar-refractivity contribution in [1.82, 2.24) is 9.78 Å². The van der Waals surface area contributed by atoms with Crippen LogP contribution in [0.4, 0.5) is 13.2 Å². The van der Waals surface area contributed by atoms with Crippen molar-refractivity contribution in [3.05, 3.63) is 46.6 Å². The molecule has 1 aliphatic heterocycles. The molecule has 0 fully saturated rings. The van der Waals surface area contributed by atoms with Crippen molar-refractivity contribution in [2.45, 2.75) is 6.29 Å². The molecule has 1 aliphatic rings. The average Bonchev–Trinajstić information content (AvgIpc) is 2.62. The van der Waals surface area contributed by atoms with Gasteiger partial charge < -0.3 is 9.47 Å². The van der Waals surface area contributed by atoms with E-state index in [0.717, 1.165) is 29.1 Å². The van der Waals surface area contributed by atoms with E-state index in [1.165, 1.54) is 6.20 Å². The Hall–Kier alpha value is -2.51. The van der Waals surface area contributed by atoms with Crippen LogP contribution in [-0.4, -0.2) is 16.1 Å². The van der Waals surface area contributed by atoms with Crippen LogP contribution in [0, 0.1) is 5.82 Å². The summed E-state index contributed by atoms with van der Waals surface area (Å²) < 4.78 is 48.8. The lowest BCUT2D eigenvalue weighted by Crippen LogP contribution is -2.25. The third-order valence-corrected chi connectivity index (χ3v) is 2.41. The summed E-state index contributed by atoms with van der Waals surface area (Å²) in [6.45, 7) is 0. The van der Waals surface area contributed by atoms with Gasteiger partial charge in [-0.15, -0.1) is 8.78 Å². The van der Waals surface area contributed by atoms with Gasteiger partial charge in [0.2, 0.25) is 0 Å². The summed E-state index contributed by atoms with van der Waals surface area (Å²) >= 11 is 0. The first-order valence-electron chi connectivity index (χ1n) is 5.09. The van der Waals surface area contributed by atoms with Crippen LogP contribution in [0.15, 0.2) is 35.4 Å². The van der Waals surface area contributed by atoms with Gasteiger partial charge in [-0.2, -0.15) is 5.10 Å². The fraction of sp³-hybridized carbons (Fsp3) is 0.0909. The summed E-state index contributed by atoms with van der Waals surface area (Å²) in [6.07, 6.45) is -1.63. The van der Waals surface area contributed by atoms with Gasteiger partial charge in [-0.3, -0.25) is 4.79 Å². The van der Waals surface area contributed by atoms with E-state index in [1.54, 1.807) is 0 Å². The van der Waals surface area contributed by atoms with E-state index in [2.05, 4.69) is 14.6 Å². The summed E-state index contributed by atoms with van der Waals surface area (Å²) in [5, 5.41) is 3.65. The van der Waals surface area contributed by atoms with Crippen molar-refractivity contribution < 1.29 is 22.6 Å². The number of alkyl halides is 2. The molecule has 0 atom stereocenters. The molecule has 0 radical (unpaired) electrons. The van der Waals surface area contributed by atoms with E-state index in [-0.39, 0.29) is 16.9 Å². The molecule has 3 rings (SSSR count). The predicted octanol–water partition coefficient (Wildman–Crippen LogP) is 1.69. The highest BCUT2D eigenvalue weighted by Gasteiger charge is 2.44. The lowest BCUT2D eigenvalue weighted by Gasteiger charge is -2.06. The fourth-order valence-electron chi connectivity index (χ4n) is 1.62. The van der Waals surface area contributed by atoms with Gasteiger partial charge in [0.25, 0.3) is 0 Å². The number of aromatic nitrogens is 2. The molecule has 8 heteroatoms. The minimum absolute atomic E-state index is 0.139. The van der Waals surface area contributed by atoms with Gasteiger partial charge in [0, 0.05) is 24.4 Å². The number of nitrogens with zero attached hydrogens (tertiary/aromatic N) is 2. The van der Waals surface area contributed by atoms with Crippen LogP contribution in [0.2, 0.25) is 0 Å². The Morgan fingerprint density at radius 1 is 1.21 bits per heavy atom. The molecule has 98 valence electrons. The zero-order valence-electron chi connectivity index (χ0n) is 9.14. The Labute approximate surface area is 103 Å². The number of halogens is 3. The van der Waals surface area contributed by atoms with Gasteiger partial charge in [0.15, 0.2) is 22.7 Å². The van der Waals surface area contributed by atoms with Crippen LogP contribution in [-0.2, 0) is 0 Å². The van der Waals surface area contributed by atoms with Gasteiger partial charge in [-0.05, 0) is 0 Å². The molecule has 19 heavy (non-hydrogen) atoms. The predicted molar refractivity (Wildman–Crippen MR) is 56.0 cm³/mol. The maximum Gasteiger partial charge on any atom is 0.586 e. The molecule has 0 unspecified atom stereocenters. The molecule has 0 saturated carbocycles. The summed E-state index contributed by atoms with van der Waals surface area (Å²) in [5.74, 6) is -1.54. The largest absolute Gasteiger partial charge is 0.586 e. The number of ether oxygens (including phenoxy) is 2. The minimum atomic E-state index is -3.82. The third kappa shape index (κ3) is 2.01. The van der Waals surface area contributed by atoms with Gasteiger partial charge in [0.05, 0.1) is 6.20 Å². The van der Waals surface area contributed by atoms with Crippen LogP contribution in [0.25, 0.3) is 5.69 Å². The molecule has 5 nitrogen and oxygen atoms in total. The number of rotatable bonds is 1. The Kier molecular flexibility index (Phi) is 2.28. The summed E-state index contributed by atoms with van der Waals surface area (Å²) in [4.78, 5) is 10.9. The molecule has 1 aromatic heterocycles. The third-order valence-electron chi connectivity index (χ3n) is 2.41. The number of hydrogen-bond donors (Lipinski definition) is 0. The average molecular weight is 270 g/mol. The van der Waals surface area contributed by atoms with Crippen LogP contribution in [0.1, 0.15) is 0 Å². The number of benzene rings is 1. The SMILES string of the molecule is O=c1ccn(-c2cc3c(cc2F)OC(F)(F)O3)nc1. The van der Waals surface area contributed by atoms with Crippen molar-refractivity contribution in [3.63, 3.8) is 0 Å². The monoisotopic (exact) mass is 270 g/mol. The lowest BCUT2D eigenvalue weighted by atomic mass is 10.2. The molecular weight excluding hydrogens is 265 g/mol. The second-order valence-corrected chi connectivity index (χ2v) is 3.73. The number of hydrogen-bond acceptors (Lipinski definition) is 4. The van der Waals surface area contributed by atoms with Crippen LogP contribution < -0.4 is 14.9 Å². The molecule has 0 aliphatic carbocycles. The van der Waals surface area contributed by atoms with Crippen molar-refractivity contribution in [1.29, 1.82) is 0 Å². The highest BCUT2D eigenvalue weighted by molar-refractivity contribution is 5.51. The zero-order chi connectivity index (χ0) is 13.6. The maximum atomic E-state index is 13.8. The summed E-state index contributed by atoms with van der Waals surface area (Å²) in [5.41, 5.74) is -0.496. The second kappa shape index (κ2) is 3.74. The van der Waals surface area contributed by atoms with E-state index < -0.39 is 17.9 Å². The van der Waals surface area contributed by atoms with Crippen molar-refractivity contribution in [3.8, 4) is 17.2 Å². The first-order valence-corrected chi connectivity index (χ1v) is 5.09. The molecule has 0 N–H and O–H groups in total. The van der Waals surface area contributed by atoms with Crippen LogP contribution in [0.3, 0.4) is 0 Å². The molecule has 1 aromatic carbocycles. The topological polar surface area (TPSA) is 53.4 Å². The Balaban J connectivity index is 2.10. The van der Waals surface area contributed by atoms with Gasteiger partial charge >= 0.3 is 6.29 Å². The molecule has 0 bridgehead atoms. The number of fused-ring (bicyclic) bond motifs is 1. The quantitative estimate of drug-likeness (QED) is 0.791.